The maximum absolute atomic E-state index is 12.2. The van der Waals surface area contributed by atoms with Gasteiger partial charge in [-0.2, -0.15) is 5.10 Å². The van der Waals surface area contributed by atoms with Crippen LogP contribution in [-0.4, -0.2) is 23.2 Å². The molecular weight excluding hydrogens is 330 g/mol. The summed E-state index contributed by atoms with van der Waals surface area (Å²) in [5.41, 5.74) is 3.24. The average molecular weight is 351 g/mol. The number of amides is 1. The number of aryl methyl sites for hydroxylation is 1. The minimum absolute atomic E-state index is 0.230. The molecule has 0 saturated carbocycles. The lowest BCUT2D eigenvalue weighted by Crippen LogP contribution is -2.23. The molecule has 0 unspecified atom stereocenters. The Morgan fingerprint density at radius 2 is 1.92 bits per heavy atom. The van der Waals surface area contributed by atoms with Crippen molar-refractivity contribution in [3.63, 3.8) is 0 Å². The molecule has 0 bridgehead atoms. The van der Waals surface area contributed by atoms with E-state index in [2.05, 4.69) is 15.5 Å². The normalized spacial score (nSPS) is 10.4. The van der Waals surface area contributed by atoms with Crippen molar-refractivity contribution in [1.29, 1.82) is 0 Å². The molecule has 1 aromatic heterocycles. The number of carbonyl (C=O) groups excluding carboxylic acids is 1. The quantitative estimate of drug-likeness (QED) is 0.685. The average Bonchev–Trinajstić information content (AvgIpc) is 3.14. The number of nitrogens with zero attached hydrogens (tertiary/aromatic N) is 1. The van der Waals surface area contributed by atoms with E-state index in [1.807, 2.05) is 55.5 Å². The highest BCUT2D eigenvalue weighted by Crippen LogP contribution is 2.26. The molecule has 0 spiro atoms. The number of rotatable bonds is 7. The predicted molar refractivity (Wildman–Crippen MR) is 98.3 cm³/mol. The number of nitrogens with one attached hydrogen (secondary N) is 2. The van der Waals surface area contributed by atoms with E-state index in [0.29, 0.717) is 29.4 Å². The minimum atomic E-state index is -0.230. The van der Waals surface area contributed by atoms with Crippen LogP contribution in [0.5, 0.6) is 11.5 Å². The Morgan fingerprint density at radius 3 is 2.69 bits per heavy atom. The van der Waals surface area contributed by atoms with Crippen LogP contribution in [0.4, 0.5) is 0 Å². The first-order chi connectivity index (χ1) is 12.7. The van der Waals surface area contributed by atoms with Gasteiger partial charge in [-0.05, 0) is 30.7 Å². The van der Waals surface area contributed by atoms with E-state index in [1.54, 1.807) is 13.2 Å². The van der Waals surface area contributed by atoms with Crippen LogP contribution in [0.2, 0.25) is 0 Å². The molecule has 0 aliphatic rings. The number of ether oxygens (including phenoxy) is 2. The summed E-state index contributed by atoms with van der Waals surface area (Å²) in [5, 5.41) is 9.74. The molecule has 0 radical (unpaired) electrons. The van der Waals surface area contributed by atoms with Crippen molar-refractivity contribution in [2.75, 3.05) is 7.11 Å². The van der Waals surface area contributed by atoms with E-state index >= 15 is 0 Å². The fraction of sp³-hybridized carbons (Fsp3) is 0.200. The predicted octanol–water partition coefficient (Wildman–Crippen LogP) is 3.24. The molecule has 6 heteroatoms. The molecule has 0 atom stereocenters. The lowest BCUT2D eigenvalue weighted by molar-refractivity contribution is 0.0946. The number of para-hydroxylation sites is 2. The zero-order chi connectivity index (χ0) is 18.4. The molecule has 26 heavy (non-hydrogen) atoms. The van der Waals surface area contributed by atoms with Crippen LogP contribution in [0.3, 0.4) is 0 Å². The number of H-pyrrole nitrogens is 1. The van der Waals surface area contributed by atoms with Gasteiger partial charge in [0.05, 0.1) is 12.8 Å². The van der Waals surface area contributed by atoms with Gasteiger partial charge in [0.1, 0.15) is 12.3 Å². The van der Waals surface area contributed by atoms with Crippen molar-refractivity contribution in [3.8, 4) is 11.5 Å². The second-order valence-electron chi connectivity index (χ2n) is 5.89. The number of hydrogen-bond donors (Lipinski definition) is 2. The molecule has 6 nitrogen and oxygen atoms in total. The van der Waals surface area contributed by atoms with E-state index in [-0.39, 0.29) is 12.5 Å². The summed E-state index contributed by atoms with van der Waals surface area (Å²) in [4.78, 5) is 12.2. The van der Waals surface area contributed by atoms with E-state index in [0.717, 1.165) is 11.1 Å². The number of carbonyl (C=O) groups is 1. The van der Waals surface area contributed by atoms with Crippen LogP contribution in [0, 0.1) is 6.92 Å². The van der Waals surface area contributed by atoms with Gasteiger partial charge in [-0.15, -0.1) is 0 Å². The van der Waals surface area contributed by atoms with Crippen molar-refractivity contribution in [1.82, 2.24) is 15.5 Å². The van der Waals surface area contributed by atoms with Crippen LogP contribution in [0.1, 0.15) is 27.3 Å². The number of aromatic nitrogens is 2. The molecule has 0 fully saturated rings. The summed E-state index contributed by atoms with van der Waals surface area (Å²) in [7, 11) is 1.59. The monoisotopic (exact) mass is 351 g/mol. The van der Waals surface area contributed by atoms with E-state index in [4.69, 9.17) is 9.47 Å². The van der Waals surface area contributed by atoms with Crippen LogP contribution in [-0.2, 0) is 13.2 Å². The maximum atomic E-state index is 12.2. The zero-order valence-electron chi connectivity index (χ0n) is 14.8. The second-order valence-corrected chi connectivity index (χ2v) is 5.89. The third-order valence-corrected chi connectivity index (χ3v) is 3.85. The summed E-state index contributed by atoms with van der Waals surface area (Å²) >= 11 is 0. The van der Waals surface area contributed by atoms with Gasteiger partial charge < -0.3 is 14.8 Å². The molecule has 0 aliphatic carbocycles. The Labute approximate surface area is 152 Å². The van der Waals surface area contributed by atoms with E-state index in [9.17, 15) is 4.79 Å². The Hall–Kier alpha value is -3.28. The van der Waals surface area contributed by atoms with Crippen LogP contribution in [0.15, 0.2) is 54.6 Å². The Kier molecular flexibility index (Phi) is 5.53. The molecule has 0 aliphatic heterocycles. The number of benzene rings is 2. The topological polar surface area (TPSA) is 76.2 Å². The van der Waals surface area contributed by atoms with Gasteiger partial charge in [-0.1, -0.05) is 42.0 Å². The van der Waals surface area contributed by atoms with Gasteiger partial charge in [0, 0.05) is 6.54 Å². The molecule has 1 amide bonds. The number of hydrogen-bond acceptors (Lipinski definition) is 4. The van der Waals surface area contributed by atoms with Crippen molar-refractivity contribution in [2.45, 2.75) is 20.1 Å². The standard InChI is InChI=1S/C20H21N3O3/c1-14-6-5-7-15(10-14)12-21-20(24)17-11-16(22-23-17)13-26-19-9-4-3-8-18(19)25-2/h3-11H,12-13H2,1-2H3,(H,21,24)(H,22,23). The molecule has 134 valence electrons. The molecule has 2 aromatic carbocycles. The highest BCUT2D eigenvalue weighted by atomic mass is 16.5. The summed E-state index contributed by atoms with van der Waals surface area (Å²) in [6, 6.07) is 17.1. The van der Waals surface area contributed by atoms with Crippen LogP contribution in [0.25, 0.3) is 0 Å². The Balaban J connectivity index is 1.56. The first-order valence-corrected chi connectivity index (χ1v) is 8.29. The second kappa shape index (κ2) is 8.20. The number of methoxy groups -OCH3 is 1. The molecule has 2 N–H and O–H groups in total. The molecule has 3 rings (SSSR count). The first kappa shape index (κ1) is 17.5. The first-order valence-electron chi connectivity index (χ1n) is 8.29. The molecule has 1 heterocycles. The smallest absolute Gasteiger partial charge is 0.272 e. The Bertz CT molecular complexity index is 889. The summed E-state index contributed by atoms with van der Waals surface area (Å²) in [6.07, 6.45) is 0. The molecule has 0 saturated heterocycles. The number of aromatic amines is 1. The van der Waals surface area contributed by atoms with E-state index < -0.39 is 0 Å². The molecule has 3 aromatic rings. The zero-order valence-corrected chi connectivity index (χ0v) is 14.8. The van der Waals surface area contributed by atoms with Gasteiger partial charge in [-0.3, -0.25) is 9.89 Å². The van der Waals surface area contributed by atoms with Crippen molar-refractivity contribution < 1.29 is 14.3 Å². The fourth-order valence-corrected chi connectivity index (χ4v) is 2.54. The van der Waals surface area contributed by atoms with Crippen LogP contribution < -0.4 is 14.8 Å². The minimum Gasteiger partial charge on any atom is -0.493 e. The fourth-order valence-electron chi connectivity index (χ4n) is 2.54. The maximum Gasteiger partial charge on any atom is 0.272 e. The summed E-state index contributed by atoms with van der Waals surface area (Å²) in [5.74, 6) is 1.06. The lowest BCUT2D eigenvalue weighted by atomic mass is 10.1. The largest absolute Gasteiger partial charge is 0.493 e. The van der Waals surface area contributed by atoms with Gasteiger partial charge in [-0.25, -0.2) is 0 Å². The van der Waals surface area contributed by atoms with Gasteiger partial charge in [0.15, 0.2) is 11.5 Å². The molecular formula is C20H21N3O3. The van der Waals surface area contributed by atoms with Crippen molar-refractivity contribution >= 4 is 5.91 Å². The van der Waals surface area contributed by atoms with Gasteiger partial charge >= 0.3 is 0 Å². The van der Waals surface area contributed by atoms with Gasteiger partial charge in [0.25, 0.3) is 5.91 Å². The third-order valence-electron chi connectivity index (χ3n) is 3.85. The van der Waals surface area contributed by atoms with Crippen LogP contribution >= 0.6 is 0 Å². The van der Waals surface area contributed by atoms with Gasteiger partial charge in [0.2, 0.25) is 0 Å². The summed E-state index contributed by atoms with van der Waals surface area (Å²) in [6.45, 7) is 2.74. The third kappa shape index (κ3) is 4.42. The van der Waals surface area contributed by atoms with Crippen molar-refractivity contribution in [3.05, 3.63) is 77.1 Å². The van der Waals surface area contributed by atoms with E-state index in [1.165, 1.54) is 0 Å². The summed E-state index contributed by atoms with van der Waals surface area (Å²) < 4.78 is 11.0. The van der Waals surface area contributed by atoms with Crippen molar-refractivity contribution in [2.24, 2.45) is 0 Å². The lowest BCUT2D eigenvalue weighted by Gasteiger charge is -2.08. The SMILES string of the molecule is COc1ccccc1OCc1cc(C(=O)NCc2cccc(C)c2)n[nH]1. The highest BCUT2D eigenvalue weighted by molar-refractivity contribution is 5.92. The highest BCUT2D eigenvalue weighted by Gasteiger charge is 2.11. The Morgan fingerprint density at radius 1 is 1.12 bits per heavy atom.